The average Bonchev–Trinajstić information content (AvgIpc) is 2.37. The van der Waals surface area contributed by atoms with Crippen molar-refractivity contribution in [3.8, 4) is 0 Å². The van der Waals surface area contributed by atoms with E-state index in [-0.39, 0.29) is 0 Å². The minimum absolute atomic E-state index is 0.580. The molecule has 0 aromatic carbocycles. The number of rotatable bonds is 7. The highest BCUT2D eigenvalue weighted by Gasteiger charge is 2.23. The quantitative estimate of drug-likeness (QED) is 0.674. The number of nitrogens with zero attached hydrogens (tertiary/aromatic N) is 2. The molecule has 0 radical (unpaired) electrons. The molecule has 1 aliphatic heterocycles. The molecule has 102 valence electrons. The smallest absolute Gasteiger partial charge is 0.0110 e. The summed E-state index contributed by atoms with van der Waals surface area (Å²) in [6, 6.07) is 0. The average molecular weight is 240 g/mol. The first-order valence-electron chi connectivity index (χ1n) is 7.58. The van der Waals surface area contributed by atoms with E-state index in [2.05, 4.69) is 37.5 Å². The topological polar surface area (TPSA) is 6.48 Å². The molecule has 0 amide bonds. The monoisotopic (exact) mass is 240 g/mol. The Morgan fingerprint density at radius 1 is 0.882 bits per heavy atom. The van der Waals surface area contributed by atoms with Crippen LogP contribution in [0.15, 0.2) is 0 Å². The van der Waals surface area contributed by atoms with Crippen molar-refractivity contribution in [2.45, 2.75) is 53.4 Å². The number of piperazine rings is 1. The predicted molar refractivity (Wildman–Crippen MR) is 76.5 cm³/mol. The summed E-state index contributed by atoms with van der Waals surface area (Å²) in [5, 5.41) is 0. The predicted octanol–water partition coefficient (Wildman–Crippen LogP) is 3.23. The van der Waals surface area contributed by atoms with Crippen LogP contribution in [0, 0.1) is 5.41 Å². The van der Waals surface area contributed by atoms with E-state index in [1.807, 2.05) is 0 Å². The lowest BCUT2D eigenvalue weighted by Gasteiger charge is -2.36. The van der Waals surface area contributed by atoms with Gasteiger partial charge in [0.25, 0.3) is 0 Å². The molecular formula is C15H32N2. The second-order valence-electron chi connectivity index (χ2n) is 5.94. The summed E-state index contributed by atoms with van der Waals surface area (Å²) in [4.78, 5) is 5.22. The lowest BCUT2D eigenvalue weighted by atomic mass is 9.80. The lowest BCUT2D eigenvalue weighted by molar-refractivity contribution is 0.116. The van der Waals surface area contributed by atoms with Crippen LogP contribution >= 0.6 is 0 Å². The largest absolute Gasteiger partial charge is 0.301 e. The molecule has 1 heterocycles. The zero-order chi connectivity index (χ0) is 12.7. The van der Waals surface area contributed by atoms with Crippen molar-refractivity contribution in [3.05, 3.63) is 0 Å². The van der Waals surface area contributed by atoms with E-state index in [4.69, 9.17) is 0 Å². The molecule has 0 spiro atoms. The fourth-order valence-corrected chi connectivity index (χ4v) is 2.84. The molecule has 1 saturated heterocycles. The van der Waals surface area contributed by atoms with Gasteiger partial charge in [0.15, 0.2) is 0 Å². The highest BCUT2D eigenvalue weighted by atomic mass is 15.3. The van der Waals surface area contributed by atoms with Gasteiger partial charge in [-0.3, -0.25) is 0 Å². The Labute approximate surface area is 108 Å². The second-order valence-corrected chi connectivity index (χ2v) is 5.94. The molecule has 2 heteroatoms. The summed E-state index contributed by atoms with van der Waals surface area (Å²) in [6.07, 6.45) is 5.42. The Balaban J connectivity index is 2.26. The van der Waals surface area contributed by atoms with E-state index in [0.717, 1.165) is 0 Å². The van der Waals surface area contributed by atoms with Crippen LogP contribution in [0.3, 0.4) is 0 Å². The van der Waals surface area contributed by atoms with Crippen LogP contribution in [0.25, 0.3) is 0 Å². The van der Waals surface area contributed by atoms with E-state index in [1.165, 1.54) is 65.0 Å². The number of hydrogen-bond acceptors (Lipinski definition) is 2. The van der Waals surface area contributed by atoms with Crippen molar-refractivity contribution < 1.29 is 0 Å². The molecule has 1 atom stereocenters. The molecule has 0 aromatic heterocycles. The first-order valence-corrected chi connectivity index (χ1v) is 7.58. The Hall–Kier alpha value is -0.0800. The molecule has 1 aliphatic rings. The zero-order valence-corrected chi connectivity index (χ0v) is 12.5. The van der Waals surface area contributed by atoms with Crippen LogP contribution in [0.2, 0.25) is 0 Å². The third-order valence-corrected chi connectivity index (χ3v) is 4.65. The van der Waals surface area contributed by atoms with Crippen LogP contribution in [0.4, 0.5) is 0 Å². The van der Waals surface area contributed by atoms with Crippen molar-refractivity contribution in [2.24, 2.45) is 5.41 Å². The minimum atomic E-state index is 0.580. The molecule has 0 aliphatic carbocycles. The Morgan fingerprint density at radius 3 is 1.94 bits per heavy atom. The maximum Gasteiger partial charge on any atom is 0.0110 e. The lowest BCUT2D eigenvalue weighted by Crippen LogP contribution is -2.46. The van der Waals surface area contributed by atoms with Crippen LogP contribution in [0.5, 0.6) is 0 Å². The van der Waals surface area contributed by atoms with E-state index >= 15 is 0 Å². The fourth-order valence-electron chi connectivity index (χ4n) is 2.84. The molecule has 0 bridgehead atoms. The summed E-state index contributed by atoms with van der Waals surface area (Å²) in [5.41, 5.74) is 0.580. The summed E-state index contributed by atoms with van der Waals surface area (Å²) in [5.74, 6) is 0. The van der Waals surface area contributed by atoms with Gasteiger partial charge in [-0.1, -0.05) is 40.5 Å². The van der Waals surface area contributed by atoms with Gasteiger partial charge in [-0.2, -0.15) is 0 Å². The SMILES string of the molecule is CCCC(C)(CC)CCN1CCN(CC)CC1. The summed E-state index contributed by atoms with van der Waals surface area (Å²) in [6.45, 7) is 17.0. The molecular weight excluding hydrogens is 208 g/mol. The van der Waals surface area contributed by atoms with Gasteiger partial charge in [0.1, 0.15) is 0 Å². The van der Waals surface area contributed by atoms with E-state index in [9.17, 15) is 0 Å². The van der Waals surface area contributed by atoms with Gasteiger partial charge in [-0.25, -0.2) is 0 Å². The molecule has 0 N–H and O–H groups in total. The maximum absolute atomic E-state index is 2.66. The second kappa shape index (κ2) is 7.38. The molecule has 1 fully saturated rings. The van der Waals surface area contributed by atoms with Crippen molar-refractivity contribution >= 4 is 0 Å². The van der Waals surface area contributed by atoms with Gasteiger partial charge in [-0.05, 0) is 31.3 Å². The molecule has 1 rings (SSSR count). The molecule has 17 heavy (non-hydrogen) atoms. The van der Waals surface area contributed by atoms with Crippen molar-refractivity contribution in [1.82, 2.24) is 9.80 Å². The van der Waals surface area contributed by atoms with E-state index < -0.39 is 0 Å². The van der Waals surface area contributed by atoms with E-state index in [0.29, 0.717) is 5.41 Å². The van der Waals surface area contributed by atoms with Crippen molar-refractivity contribution in [3.63, 3.8) is 0 Å². The maximum atomic E-state index is 2.66. The van der Waals surface area contributed by atoms with Gasteiger partial charge < -0.3 is 9.80 Å². The molecule has 0 saturated carbocycles. The Kier molecular flexibility index (Phi) is 6.50. The minimum Gasteiger partial charge on any atom is -0.301 e. The normalized spacial score (nSPS) is 22.6. The number of hydrogen-bond donors (Lipinski definition) is 0. The summed E-state index contributed by atoms with van der Waals surface area (Å²) < 4.78 is 0. The van der Waals surface area contributed by atoms with Gasteiger partial charge in [-0.15, -0.1) is 0 Å². The summed E-state index contributed by atoms with van der Waals surface area (Å²) >= 11 is 0. The fraction of sp³-hybridized carbons (Fsp3) is 1.00. The van der Waals surface area contributed by atoms with Gasteiger partial charge in [0.05, 0.1) is 0 Å². The first kappa shape index (κ1) is 15.0. The zero-order valence-electron chi connectivity index (χ0n) is 12.5. The Bertz CT molecular complexity index is 197. The van der Waals surface area contributed by atoms with Crippen molar-refractivity contribution in [1.29, 1.82) is 0 Å². The highest BCUT2D eigenvalue weighted by Crippen LogP contribution is 2.31. The molecule has 0 aromatic rings. The van der Waals surface area contributed by atoms with Crippen LogP contribution in [-0.2, 0) is 0 Å². The number of likely N-dealkylation sites (N-methyl/N-ethyl adjacent to an activating group) is 1. The van der Waals surface area contributed by atoms with Crippen LogP contribution in [-0.4, -0.2) is 49.1 Å². The van der Waals surface area contributed by atoms with Crippen LogP contribution in [0.1, 0.15) is 53.4 Å². The van der Waals surface area contributed by atoms with Gasteiger partial charge in [0.2, 0.25) is 0 Å². The standard InChI is InChI=1S/C15H32N2/c1-5-8-15(4,6-2)9-10-17-13-11-16(7-3)12-14-17/h5-14H2,1-4H3. The van der Waals surface area contributed by atoms with Gasteiger partial charge in [0, 0.05) is 26.2 Å². The van der Waals surface area contributed by atoms with E-state index in [1.54, 1.807) is 0 Å². The van der Waals surface area contributed by atoms with Gasteiger partial charge >= 0.3 is 0 Å². The third kappa shape index (κ3) is 4.97. The third-order valence-electron chi connectivity index (χ3n) is 4.65. The highest BCUT2D eigenvalue weighted by molar-refractivity contribution is 4.77. The first-order chi connectivity index (χ1) is 8.13. The van der Waals surface area contributed by atoms with Crippen LogP contribution < -0.4 is 0 Å². The summed E-state index contributed by atoms with van der Waals surface area (Å²) in [7, 11) is 0. The molecule has 1 unspecified atom stereocenters. The molecule has 2 nitrogen and oxygen atoms in total. The van der Waals surface area contributed by atoms with Crippen molar-refractivity contribution in [2.75, 3.05) is 39.3 Å². The Morgan fingerprint density at radius 2 is 1.47 bits per heavy atom.